The van der Waals surface area contributed by atoms with E-state index in [1.807, 2.05) is 6.08 Å². The van der Waals surface area contributed by atoms with Crippen molar-refractivity contribution in [2.75, 3.05) is 13.2 Å². The summed E-state index contributed by atoms with van der Waals surface area (Å²) in [5, 5.41) is 23.2. The van der Waals surface area contributed by atoms with Crippen molar-refractivity contribution in [1.29, 1.82) is 0 Å². The predicted octanol–water partition coefficient (Wildman–Crippen LogP) is 24.7. The number of hydrogen-bond donors (Lipinski definition) is 3. The van der Waals surface area contributed by atoms with Gasteiger partial charge in [-0.15, -0.1) is 0 Å². The van der Waals surface area contributed by atoms with Gasteiger partial charge in [0.2, 0.25) is 5.91 Å². The van der Waals surface area contributed by atoms with Crippen molar-refractivity contribution in [2.24, 2.45) is 0 Å². The van der Waals surface area contributed by atoms with Crippen LogP contribution in [0, 0.1) is 0 Å². The molecule has 6 nitrogen and oxygen atoms in total. The Balaban J connectivity index is 3.32. The molecule has 0 rings (SSSR count). The summed E-state index contributed by atoms with van der Waals surface area (Å²) in [5.74, 6) is -0.0344. The first-order chi connectivity index (χ1) is 40.5. The number of rotatable bonds is 72. The molecule has 2 atom stereocenters. The fraction of sp³-hybridized carbons (Fsp3) is 0.947. The molecule has 0 radical (unpaired) electrons. The molecule has 0 aromatic rings. The molecule has 0 saturated carbocycles. The van der Waals surface area contributed by atoms with Crippen LogP contribution in [0.25, 0.3) is 0 Å². The van der Waals surface area contributed by atoms with Crippen molar-refractivity contribution in [1.82, 2.24) is 5.32 Å². The molecule has 2 unspecified atom stereocenters. The molecule has 0 aromatic heterocycles. The van der Waals surface area contributed by atoms with Gasteiger partial charge in [0.15, 0.2) is 0 Å². The minimum absolute atomic E-state index is 0.0240. The van der Waals surface area contributed by atoms with Crippen LogP contribution in [0.5, 0.6) is 0 Å². The van der Waals surface area contributed by atoms with E-state index in [2.05, 4.69) is 19.2 Å². The number of aliphatic hydroxyl groups is 2. The molecule has 0 bridgehead atoms. The standard InChI is InChI=1S/C76H149NO5/c1-3-5-7-9-11-13-15-17-18-19-39-42-45-48-52-56-60-64-68-74(79)73(72-78)77-75(80)69-65-61-57-53-49-46-43-40-37-35-33-31-29-27-25-23-21-20-22-24-26-28-30-32-34-36-38-41-44-47-51-55-59-63-67-71-82-76(81)70-66-62-58-54-50-16-14-12-10-8-6-4-2/h64,68,73-74,78-79H,3-63,65-67,69-72H2,1-2H3,(H,77,80)/b68-64+. The predicted molar refractivity (Wildman–Crippen MR) is 361 cm³/mol. The van der Waals surface area contributed by atoms with Gasteiger partial charge < -0.3 is 20.3 Å². The summed E-state index contributed by atoms with van der Waals surface area (Å²) in [7, 11) is 0. The Morgan fingerprint density at radius 1 is 0.329 bits per heavy atom. The number of allylic oxidation sites excluding steroid dienone is 1. The monoisotopic (exact) mass is 1160 g/mol. The summed E-state index contributed by atoms with van der Waals surface area (Å²) in [6, 6.07) is -0.623. The van der Waals surface area contributed by atoms with E-state index in [-0.39, 0.29) is 18.5 Å². The van der Waals surface area contributed by atoms with E-state index >= 15 is 0 Å². The molecule has 0 heterocycles. The first-order valence-electron chi connectivity index (χ1n) is 38.0. The van der Waals surface area contributed by atoms with Crippen molar-refractivity contribution in [3.63, 3.8) is 0 Å². The van der Waals surface area contributed by atoms with E-state index < -0.39 is 12.1 Å². The summed E-state index contributed by atoms with van der Waals surface area (Å²) >= 11 is 0. The van der Waals surface area contributed by atoms with Crippen LogP contribution in [-0.2, 0) is 14.3 Å². The van der Waals surface area contributed by atoms with Crippen LogP contribution >= 0.6 is 0 Å². The maximum absolute atomic E-state index is 12.5. The Hall–Kier alpha value is -1.40. The number of hydrogen-bond acceptors (Lipinski definition) is 5. The van der Waals surface area contributed by atoms with Gasteiger partial charge in [-0.2, -0.15) is 0 Å². The minimum atomic E-state index is -0.840. The lowest BCUT2D eigenvalue weighted by Crippen LogP contribution is -2.45. The van der Waals surface area contributed by atoms with E-state index in [1.54, 1.807) is 6.08 Å². The number of unbranched alkanes of at least 4 members (excludes halogenated alkanes) is 61. The maximum atomic E-state index is 12.5. The molecule has 1 amide bonds. The second-order valence-corrected chi connectivity index (χ2v) is 26.4. The largest absolute Gasteiger partial charge is 0.466 e. The molecule has 6 heteroatoms. The number of nitrogens with one attached hydrogen (secondary N) is 1. The van der Waals surface area contributed by atoms with Crippen molar-refractivity contribution < 1.29 is 24.5 Å². The van der Waals surface area contributed by atoms with Crippen LogP contribution in [0.3, 0.4) is 0 Å². The van der Waals surface area contributed by atoms with Crippen LogP contribution in [0.2, 0.25) is 0 Å². The third kappa shape index (κ3) is 67.7. The second-order valence-electron chi connectivity index (χ2n) is 26.4. The smallest absolute Gasteiger partial charge is 0.305 e. The van der Waals surface area contributed by atoms with E-state index in [9.17, 15) is 19.8 Å². The molecule has 3 N–H and O–H groups in total. The lowest BCUT2D eigenvalue weighted by molar-refractivity contribution is -0.143. The lowest BCUT2D eigenvalue weighted by Gasteiger charge is -2.20. The Morgan fingerprint density at radius 2 is 0.561 bits per heavy atom. The number of ether oxygens (including phenoxy) is 1. The van der Waals surface area contributed by atoms with Crippen molar-refractivity contribution in [3.05, 3.63) is 12.2 Å². The highest BCUT2D eigenvalue weighted by atomic mass is 16.5. The molecular weight excluding hydrogens is 1010 g/mol. The third-order valence-corrected chi connectivity index (χ3v) is 18.1. The number of esters is 1. The maximum Gasteiger partial charge on any atom is 0.305 e. The summed E-state index contributed by atoms with van der Waals surface area (Å²) in [5.41, 5.74) is 0. The first-order valence-corrected chi connectivity index (χ1v) is 38.0. The van der Waals surface area contributed by atoms with Crippen molar-refractivity contribution >= 4 is 11.9 Å². The van der Waals surface area contributed by atoms with Gasteiger partial charge in [0.25, 0.3) is 0 Å². The summed E-state index contributed by atoms with van der Waals surface area (Å²) in [4.78, 5) is 24.6. The van der Waals surface area contributed by atoms with Crippen LogP contribution in [0.15, 0.2) is 12.2 Å². The van der Waals surface area contributed by atoms with Crippen LogP contribution in [0.4, 0.5) is 0 Å². The van der Waals surface area contributed by atoms with Gasteiger partial charge >= 0.3 is 5.97 Å². The normalized spacial score (nSPS) is 12.5. The average Bonchev–Trinajstić information content (AvgIpc) is 3.48. The zero-order chi connectivity index (χ0) is 59.2. The number of aliphatic hydroxyl groups excluding tert-OH is 2. The third-order valence-electron chi connectivity index (χ3n) is 18.1. The number of carbonyl (C=O) groups excluding carboxylic acids is 2. The summed E-state index contributed by atoms with van der Waals surface area (Å²) in [6.07, 6.45) is 90.4. The Bertz CT molecular complexity index is 1240. The number of carbonyl (C=O) groups is 2. The van der Waals surface area contributed by atoms with Gasteiger partial charge in [-0.05, 0) is 32.1 Å². The Kier molecular flexibility index (Phi) is 70.8. The van der Waals surface area contributed by atoms with E-state index in [0.717, 1.165) is 38.5 Å². The van der Waals surface area contributed by atoms with Gasteiger partial charge in [0, 0.05) is 12.8 Å². The summed E-state index contributed by atoms with van der Waals surface area (Å²) in [6.45, 7) is 4.95. The molecule has 0 aliphatic carbocycles. The van der Waals surface area contributed by atoms with Crippen LogP contribution in [-0.4, -0.2) is 47.4 Å². The van der Waals surface area contributed by atoms with Crippen LogP contribution < -0.4 is 5.32 Å². The molecule has 0 spiro atoms. The highest BCUT2D eigenvalue weighted by Gasteiger charge is 2.18. The quantitative estimate of drug-likeness (QED) is 0.0320. The van der Waals surface area contributed by atoms with Gasteiger partial charge in [0.05, 0.1) is 25.4 Å². The fourth-order valence-electron chi connectivity index (χ4n) is 12.3. The van der Waals surface area contributed by atoms with Gasteiger partial charge in [-0.1, -0.05) is 405 Å². The molecule has 0 aromatic carbocycles. The summed E-state index contributed by atoms with van der Waals surface area (Å²) < 4.78 is 5.49. The topological polar surface area (TPSA) is 95.9 Å². The first kappa shape index (κ1) is 80.6. The lowest BCUT2D eigenvalue weighted by atomic mass is 10.0. The van der Waals surface area contributed by atoms with Crippen molar-refractivity contribution in [3.8, 4) is 0 Å². The highest BCUT2D eigenvalue weighted by Crippen LogP contribution is 2.20. The second kappa shape index (κ2) is 72.1. The molecule has 82 heavy (non-hydrogen) atoms. The Labute approximate surface area is 514 Å². The van der Waals surface area contributed by atoms with Gasteiger partial charge in [0.1, 0.15) is 0 Å². The average molecular weight is 1160 g/mol. The van der Waals surface area contributed by atoms with E-state index in [4.69, 9.17) is 4.74 Å². The van der Waals surface area contributed by atoms with Crippen LogP contribution in [0.1, 0.15) is 438 Å². The molecule has 0 fully saturated rings. The SMILES string of the molecule is CCCCCCCCCCCCCCCCCC/C=C/C(O)C(CO)NC(=O)CCCCCCCCCCCCCCCCCCCCCCCCCCCCCCCCCCCCCOC(=O)CCCCCCCCCCCCCC. The van der Waals surface area contributed by atoms with E-state index in [0.29, 0.717) is 19.4 Å². The Morgan fingerprint density at radius 3 is 0.829 bits per heavy atom. The van der Waals surface area contributed by atoms with Gasteiger partial charge in [-0.25, -0.2) is 0 Å². The zero-order valence-electron chi connectivity index (χ0n) is 56.0. The highest BCUT2D eigenvalue weighted by molar-refractivity contribution is 5.76. The zero-order valence-corrected chi connectivity index (χ0v) is 56.0. The minimum Gasteiger partial charge on any atom is -0.466 e. The molecule has 0 saturated heterocycles. The molecule has 0 aliphatic rings. The van der Waals surface area contributed by atoms with Crippen molar-refractivity contribution in [2.45, 2.75) is 450 Å². The molecular formula is C76H149NO5. The molecule has 0 aliphatic heterocycles. The number of amides is 1. The molecule has 488 valence electrons. The van der Waals surface area contributed by atoms with E-state index in [1.165, 1.54) is 372 Å². The van der Waals surface area contributed by atoms with Gasteiger partial charge in [-0.3, -0.25) is 9.59 Å². The fourth-order valence-corrected chi connectivity index (χ4v) is 12.3.